The average molecular weight is 347 g/mol. The van der Waals surface area contributed by atoms with E-state index in [9.17, 15) is 4.79 Å². The van der Waals surface area contributed by atoms with E-state index in [1.165, 1.54) is 5.56 Å². The highest BCUT2D eigenvalue weighted by molar-refractivity contribution is 5.72. The fraction of sp³-hybridized carbons (Fsp3) is 0.261. The third kappa shape index (κ3) is 4.23. The SMILES string of the molecule is C=CCN(CC=C)c1cccc(C2OC(=O)CC2Cc2ccccc2)c1. The van der Waals surface area contributed by atoms with Gasteiger partial charge in [0.15, 0.2) is 0 Å². The van der Waals surface area contributed by atoms with Gasteiger partial charge in [-0.25, -0.2) is 0 Å². The summed E-state index contributed by atoms with van der Waals surface area (Å²) in [6.07, 6.45) is 4.86. The Labute approximate surface area is 155 Å². The third-order valence-corrected chi connectivity index (χ3v) is 4.72. The molecule has 0 aliphatic carbocycles. The van der Waals surface area contributed by atoms with Crippen LogP contribution in [0.5, 0.6) is 0 Å². The van der Waals surface area contributed by atoms with Gasteiger partial charge in [-0.1, -0.05) is 54.6 Å². The standard InChI is InChI=1S/C23H25NO2/c1-3-13-24(14-4-2)21-12-8-11-19(16-21)23-20(17-22(25)26-23)15-18-9-6-5-7-10-18/h3-12,16,20,23H,1-2,13-15,17H2. The zero-order valence-electron chi connectivity index (χ0n) is 15.0. The maximum absolute atomic E-state index is 12.0. The smallest absolute Gasteiger partial charge is 0.306 e. The van der Waals surface area contributed by atoms with Crippen LogP contribution in [0.2, 0.25) is 0 Å². The van der Waals surface area contributed by atoms with Crippen LogP contribution in [0.4, 0.5) is 5.69 Å². The summed E-state index contributed by atoms with van der Waals surface area (Å²) in [5.41, 5.74) is 3.37. The molecular formula is C23H25NO2. The van der Waals surface area contributed by atoms with E-state index in [2.05, 4.69) is 42.3 Å². The lowest BCUT2D eigenvalue weighted by molar-refractivity contribution is -0.141. The predicted octanol–water partition coefficient (Wildman–Crippen LogP) is 4.71. The van der Waals surface area contributed by atoms with Gasteiger partial charge in [0.2, 0.25) is 0 Å². The average Bonchev–Trinajstić information content (AvgIpc) is 3.03. The number of ether oxygens (including phenoxy) is 1. The molecular weight excluding hydrogens is 322 g/mol. The van der Waals surface area contributed by atoms with Gasteiger partial charge >= 0.3 is 5.97 Å². The van der Waals surface area contributed by atoms with Crippen LogP contribution in [0.1, 0.15) is 23.7 Å². The number of carbonyl (C=O) groups excluding carboxylic acids is 1. The van der Waals surface area contributed by atoms with Gasteiger partial charge in [-0.05, 0) is 29.7 Å². The molecule has 2 atom stereocenters. The van der Waals surface area contributed by atoms with E-state index in [4.69, 9.17) is 4.74 Å². The first kappa shape index (κ1) is 18.0. The minimum absolute atomic E-state index is 0.115. The van der Waals surface area contributed by atoms with E-state index in [0.717, 1.165) is 30.8 Å². The molecule has 2 unspecified atom stereocenters. The predicted molar refractivity (Wildman–Crippen MR) is 106 cm³/mol. The number of rotatable bonds is 8. The maximum Gasteiger partial charge on any atom is 0.306 e. The van der Waals surface area contributed by atoms with E-state index >= 15 is 0 Å². The highest BCUT2D eigenvalue weighted by atomic mass is 16.5. The van der Waals surface area contributed by atoms with Crippen molar-refractivity contribution < 1.29 is 9.53 Å². The van der Waals surface area contributed by atoms with Crippen molar-refractivity contribution in [3.63, 3.8) is 0 Å². The van der Waals surface area contributed by atoms with Gasteiger partial charge in [0.05, 0.1) is 6.42 Å². The molecule has 1 heterocycles. The molecule has 134 valence electrons. The Morgan fingerprint density at radius 2 is 1.77 bits per heavy atom. The molecule has 0 amide bonds. The Bertz CT molecular complexity index is 759. The Morgan fingerprint density at radius 3 is 2.46 bits per heavy atom. The number of esters is 1. The topological polar surface area (TPSA) is 29.5 Å². The fourth-order valence-corrected chi connectivity index (χ4v) is 3.54. The molecule has 3 heteroatoms. The Hall–Kier alpha value is -2.81. The van der Waals surface area contributed by atoms with Crippen molar-refractivity contribution in [2.75, 3.05) is 18.0 Å². The normalized spacial score (nSPS) is 19.0. The maximum atomic E-state index is 12.0. The van der Waals surface area contributed by atoms with Crippen LogP contribution in [0.25, 0.3) is 0 Å². The molecule has 0 radical (unpaired) electrons. The summed E-state index contributed by atoms with van der Waals surface area (Å²) in [7, 11) is 0. The Balaban J connectivity index is 1.83. The monoisotopic (exact) mass is 347 g/mol. The minimum atomic E-state index is -0.197. The van der Waals surface area contributed by atoms with Gasteiger partial charge in [-0.2, -0.15) is 0 Å². The Kier molecular flexibility index (Phi) is 5.90. The molecule has 1 aliphatic heterocycles. The number of nitrogens with zero attached hydrogens (tertiary/aromatic N) is 1. The Morgan fingerprint density at radius 1 is 1.04 bits per heavy atom. The number of cyclic esters (lactones) is 1. The lowest BCUT2D eigenvalue weighted by atomic mass is 9.89. The first-order valence-corrected chi connectivity index (χ1v) is 9.01. The van der Waals surface area contributed by atoms with Crippen LogP contribution in [0.15, 0.2) is 79.9 Å². The van der Waals surface area contributed by atoms with Crippen LogP contribution in [0, 0.1) is 5.92 Å². The summed E-state index contributed by atoms with van der Waals surface area (Å²) in [5, 5.41) is 0. The summed E-state index contributed by atoms with van der Waals surface area (Å²) < 4.78 is 5.69. The zero-order valence-corrected chi connectivity index (χ0v) is 15.0. The van der Waals surface area contributed by atoms with E-state index < -0.39 is 0 Å². The quantitative estimate of drug-likeness (QED) is 0.511. The van der Waals surface area contributed by atoms with Gasteiger partial charge in [-0.15, -0.1) is 13.2 Å². The molecule has 0 spiro atoms. The van der Waals surface area contributed by atoms with E-state index in [-0.39, 0.29) is 18.0 Å². The van der Waals surface area contributed by atoms with Crippen LogP contribution >= 0.6 is 0 Å². The molecule has 1 fully saturated rings. The van der Waals surface area contributed by atoms with Crippen LogP contribution in [-0.2, 0) is 16.0 Å². The second kappa shape index (κ2) is 8.52. The molecule has 3 nitrogen and oxygen atoms in total. The summed E-state index contributed by atoms with van der Waals surface area (Å²) in [4.78, 5) is 14.2. The first-order chi connectivity index (χ1) is 12.7. The van der Waals surface area contributed by atoms with Gasteiger partial charge in [-0.3, -0.25) is 4.79 Å². The second-order valence-corrected chi connectivity index (χ2v) is 6.64. The number of benzene rings is 2. The van der Waals surface area contributed by atoms with Crippen LogP contribution < -0.4 is 4.90 Å². The van der Waals surface area contributed by atoms with Gasteiger partial charge in [0.25, 0.3) is 0 Å². The zero-order chi connectivity index (χ0) is 18.4. The summed E-state index contributed by atoms with van der Waals surface area (Å²) in [6.45, 7) is 9.15. The fourth-order valence-electron chi connectivity index (χ4n) is 3.54. The number of hydrogen-bond acceptors (Lipinski definition) is 3. The number of hydrogen-bond donors (Lipinski definition) is 0. The highest BCUT2D eigenvalue weighted by Gasteiger charge is 2.36. The van der Waals surface area contributed by atoms with Crippen LogP contribution in [-0.4, -0.2) is 19.1 Å². The lowest BCUT2D eigenvalue weighted by Gasteiger charge is -2.24. The van der Waals surface area contributed by atoms with Crippen molar-refractivity contribution >= 4 is 11.7 Å². The van der Waals surface area contributed by atoms with Crippen molar-refractivity contribution in [3.8, 4) is 0 Å². The van der Waals surface area contributed by atoms with Gasteiger partial charge in [0.1, 0.15) is 6.10 Å². The summed E-state index contributed by atoms with van der Waals surface area (Å²) >= 11 is 0. The number of anilines is 1. The molecule has 0 N–H and O–H groups in total. The first-order valence-electron chi connectivity index (χ1n) is 9.01. The minimum Gasteiger partial charge on any atom is -0.457 e. The lowest BCUT2D eigenvalue weighted by Crippen LogP contribution is -2.23. The third-order valence-electron chi connectivity index (χ3n) is 4.72. The van der Waals surface area contributed by atoms with Crippen molar-refractivity contribution in [1.82, 2.24) is 0 Å². The molecule has 1 aliphatic rings. The molecule has 0 saturated carbocycles. The van der Waals surface area contributed by atoms with Gasteiger partial charge in [0, 0.05) is 24.7 Å². The van der Waals surface area contributed by atoms with E-state index in [1.54, 1.807) is 0 Å². The van der Waals surface area contributed by atoms with Crippen molar-refractivity contribution in [3.05, 3.63) is 91.0 Å². The molecule has 1 saturated heterocycles. The summed E-state index contributed by atoms with van der Waals surface area (Å²) in [6, 6.07) is 18.5. The molecule has 26 heavy (non-hydrogen) atoms. The number of carbonyl (C=O) groups is 1. The highest BCUT2D eigenvalue weighted by Crippen LogP contribution is 2.38. The molecule has 3 rings (SSSR count). The second-order valence-electron chi connectivity index (χ2n) is 6.64. The summed E-state index contributed by atoms with van der Waals surface area (Å²) in [5.74, 6) is 0.0442. The molecule has 2 aromatic rings. The van der Waals surface area contributed by atoms with Crippen molar-refractivity contribution in [2.45, 2.75) is 18.9 Å². The van der Waals surface area contributed by atoms with E-state index in [1.807, 2.05) is 42.5 Å². The van der Waals surface area contributed by atoms with Crippen molar-refractivity contribution in [1.29, 1.82) is 0 Å². The molecule has 0 aromatic heterocycles. The molecule has 2 aromatic carbocycles. The molecule has 0 bridgehead atoms. The van der Waals surface area contributed by atoms with Gasteiger partial charge < -0.3 is 9.64 Å². The van der Waals surface area contributed by atoms with Crippen LogP contribution in [0.3, 0.4) is 0 Å². The largest absolute Gasteiger partial charge is 0.457 e. The van der Waals surface area contributed by atoms with E-state index in [0.29, 0.717) is 6.42 Å². The van der Waals surface area contributed by atoms with Crippen molar-refractivity contribution in [2.24, 2.45) is 5.92 Å².